The minimum atomic E-state index is 0.0783. The molecule has 4 atom stereocenters. The first-order chi connectivity index (χ1) is 10.5. The molecule has 3 aliphatic rings. The van der Waals surface area contributed by atoms with Gasteiger partial charge in [0.05, 0.1) is 7.11 Å². The summed E-state index contributed by atoms with van der Waals surface area (Å²) >= 11 is 0. The van der Waals surface area contributed by atoms with Crippen molar-refractivity contribution in [3.8, 4) is 11.5 Å². The van der Waals surface area contributed by atoms with E-state index in [0.717, 1.165) is 17.5 Å². The highest BCUT2D eigenvalue weighted by Crippen LogP contribution is 2.61. The Hall–Kier alpha value is -1.51. The maximum absolute atomic E-state index is 12.6. The second-order valence-electron chi connectivity index (χ2n) is 7.70. The number of carbonyl (C=O) groups excluding carboxylic acids is 1. The number of aromatic hydroxyl groups is 1. The maximum atomic E-state index is 12.6. The Morgan fingerprint density at radius 1 is 1.27 bits per heavy atom. The number of ketones is 1. The van der Waals surface area contributed by atoms with Crippen LogP contribution in [0.25, 0.3) is 0 Å². The Kier molecular flexibility index (Phi) is 3.04. The van der Waals surface area contributed by atoms with Crippen LogP contribution in [0.5, 0.6) is 11.5 Å². The Balaban J connectivity index is 1.79. The van der Waals surface area contributed by atoms with Crippen molar-refractivity contribution in [2.45, 2.75) is 51.4 Å². The van der Waals surface area contributed by atoms with Gasteiger partial charge in [0, 0.05) is 12.0 Å². The molecule has 3 aliphatic carbocycles. The summed E-state index contributed by atoms with van der Waals surface area (Å²) in [6.07, 6.45) is 6.98. The standard InChI is InChI=1S/C19H24O3/c1-19-6-3-4-15(19)13-8-16(20)14-9-17(21)18(22-2)10-12(14)11(13)5-7-19/h9-11,13,15,21H,3-8H2,1-2H3/t11-,13-,15+,19+/m1/s1. The van der Waals surface area contributed by atoms with E-state index in [9.17, 15) is 9.90 Å². The van der Waals surface area contributed by atoms with E-state index in [1.54, 1.807) is 13.2 Å². The molecule has 0 saturated heterocycles. The van der Waals surface area contributed by atoms with Crippen LogP contribution in [0.15, 0.2) is 12.1 Å². The number of carbonyl (C=O) groups is 1. The van der Waals surface area contributed by atoms with Crippen LogP contribution in [0, 0.1) is 17.3 Å². The molecule has 0 radical (unpaired) electrons. The molecule has 0 bridgehead atoms. The van der Waals surface area contributed by atoms with Gasteiger partial charge in [-0.15, -0.1) is 0 Å². The van der Waals surface area contributed by atoms with E-state index < -0.39 is 0 Å². The van der Waals surface area contributed by atoms with Gasteiger partial charge in [-0.1, -0.05) is 13.3 Å². The van der Waals surface area contributed by atoms with Crippen LogP contribution >= 0.6 is 0 Å². The van der Waals surface area contributed by atoms with Gasteiger partial charge < -0.3 is 9.84 Å². The first kappa shape index (κ1) is 14.1. The molecule has 0 aromatic heterocycles. The average molecular weight is 300 g/mol. The second kappa shape index (κ2) is 4.74. The fourth-order valence-corrected chi connectivity index (χ4v) is 5.57. The van der Waals surface area contributed by atoms with Crippen LogP contribution in [-0.2, 0) is 0 Å². The molecule has 1 aromatic rings. The van der Waals surface area contributed by atoms with Gasteiger partial charge in [-0.3, -0.25) is 4.79 Å². The molecule has 1 N–H and O–H groups in total. The molecule has 22 heavy (non-hydrogen) atoms. The summed E-state index contributed by atoms with van der Waals surface area (Å²) in [6, 6.07) is 3.53. The highest BCUT2D eigenvalue weighted by molar-refractivity contribution is 5.99. The van der Waals surface area contributed by atoms with Crippen molar-refractivity contribution < 1.29 is 14.6 Å². The van der Waals surface area contributed by atoms with Crippen LogP contribution in [0.3, 0.4) is 0 Å². The average Bonchev–Trinajstić information content (AvgIpc) is 2.89. The highest BCUT2D eigenvalue weighted by atomic mass is 16.5. The molecule has 2 fully saturated rings. The van der Waals surface area contributed by atoms with Crippen molar-refractivity contribution in [1.82, 2.24) is 0 Å². The Morgan fingerprint density at radius 2 is 2.09 bits per heavy atom. The van der Waals surface area contributed by atoms with E-state index in [1.807, 2.05) is 6.07 Å². The first-order valence-corrected chi connectivity index (χ1v) is 8.47. The zero-order chi connectivity index (χ0) is 15.5. The minimum Gasteiger partial charge on any atom is -0.504 e. The van der Waals surface area contributed by atoms with E-state index in [1.165, 1.54) is 25.7 Å². The quantitative estimate of drug-likeness (QED) is 0.841. The van der Waals surface area contributed by atoms with E-state index >= 15 is 0 Å². The number of Topliss-reactive ketones (excluding diaryl/α,β-unsaturated/α-hetero) is 1. The Morgan fingerprint density at radius 3 is 2.86 bits per heavy atom. The number of benzene rings is 1. The van der Waals surface area contributed by atoms with Crippen LogP contribution in [0.1, 0.15) is 67.3 Å². The number of phenolic OH excluding ortho intramolecular Hbond substituents is 1. The summed E-state index contributed by atoms with van der Waals surface area (Å²) in [5.41, 5.74) is 2.28. The monoisotopic (exact) mass is 300 g/mol. The number of ether oxygens (including phenoxy) is 1. The fourth-order valence-electron chi connectivity index (χ4n) is 5.57. The lowest BCUT2D eigenvalue weighted by Gasteiger charge is -2.48. The van der Waals surface area contributed by atoms with Crippen LogP contribution in [0.4, 0.5) is 0 Å². The number of hydrogen-bond acceptors (Lipinski definition) is 3. The largest absolute Gasteiger partial charge is 0.504 e. The molecule has 1 aromatic carbocycles. The first-order valence-electron chi connectivity index (χ1n) is 8.47. The number of methoxy groups -OCH3 is 1. The van der Waals surface area contributed by atoms with Gasteiger partial charge in [0.2, 0.25) is 0 Å². The van der Waals surface area contributed by atoms with Crippen LogP contribution in [0.2, 0.25) is 0 Å². The number of rotatable bonds is 1. The predicted octanol–water partition coefficient (Wildman–Crippen LogP) is 4.29. The molecule has 118 valence electrons. The molecule has 0 spiro atoms. The summed E-state index contributed by atoms with van der Waals surface area (Å²) in [4.78, 5) is 12.6. The lowest BCUT2D eigenvalue weighted by Crippen LogP contribution is -2.41. The molecular weight excluding hydrogens is 276 g/mol. The van der Waals surface area contributed by atoms with Gasteiger partial charge in [-0.05, 0) is 66.5 Å². The number of hydrogen-bond donors (Lipinski definition) is 1. The molecular formula is C19H24O3. The zero-order valence-corrected chi connectivity index (χ0v) is 13.4. The van der Waals surface area contributed by atoms with E-state index in [-0.39, 0.29) is 11.5 Å². The summed E-state index contributed by atoms with van der Waals surface area (Å²) in [7, 11) is 1.57. The second-order valence-corrected chi connectivity index (χ2v) is 7.70. The third-order valence-corrected chi connectivity index (χ3v) is 6.69. The lowest BCUT2D eigenvalue weighted by molar-refractivity contribution is 0.0526. The van der Waals surface area contributed by atoms with Gasteiger partial charge in [0.15, 0.2) is 17.3 Å². The molecule has 0 amide bonds. The summed E-state index contributed by atoms with van der Waals surface area (Å²) < 4.78 is 5.27. The smallest absolute Gasteiger partial charge is 0.163 e. The van der Waals surface area contributed by atoms with Crippen LogP contribution < -0.4 is 4.74 Å². The Bertz CT molecular complexity index is 636. The molecule has 3 nitrogen and oxygen atoms in total. The molecule has 0 aliphatic heterocycles. The normalized spacial score (nSPS) is 36.5. The van der Waals surface area contributed by atoms with Gasteiger partial charge in [0.25, 0.3) is 0 Å². The molecule has 2 saturated carbocycles. The van der Waals surface area contributed by atoms with Gasteiger partial charge >= 0.3 is 0 Å². The maximum Gasteiger partial charge on any atom is 0.163 e. The van der Waals surface area contributed by atoms with Crippen molar-refractivity contribution in [3.05, 3.63) is 23.3 Å². The summed E-state index contributed by atoms with van der Waals surface area (Å²) in [6.45, 7) is 2.43. The van der Waals surface area contributed by atoms with Gasteiger partial charge in [-0.2, -0.15) is 0 Å². The van der Waals surface area contributed by atoms with Crippen molar-refractivity contribution in [1.29, 1.82) is 0 Å². The van der Waals surface area contributed by atoms with E-state index in [4.69, 9.17) is 4.74 Å². The SMILES string of the molecule is COc1cc2c(cc1O)C(=O)C[C@@H]1[C@@H]2CC[C@]2(C)CCC[C@@H]12. The van der Waals surface area contributed by atoms with Crippen molar-refractivity contribution in [2.24, 2.45) is 17.3 Å². The van der Waals surface area contributed by atoms with Gasteiger partial charge in [-0.25, -0.2) is 0 Å². The summed E-state index contributed by atoms with van der Waals surface area (Å²) in [5.74, 6) is 2.39. The minimum absolute atomic E-state index is 0.0783. The third kappa shape index (κ3) is 1.84. The molecule has 3 heteroatoms. The van der Waals surface area contributed by atoms with Crippen LogP contribution in [-0.4, -0.2) is 18.0 Å². The molecule has 0 unspecified atom stereocenters. The number of phenols is 1. The molecule has 0 heterocycles. The van der Waals surface area contributed by atoms with Gasteiger partial charge in [0.1, 0.15) is 0 Å². The third-order valence-electron chi connectivity index (χ3n) is 6.69. The van der Waals surface area contributed by atoms with Crippen molar-refractivity contribution in [3.63, 3.8) is 0 Å². The summed E-state index contributed by atoms with van der Waals surface area (Å²) in [5, 5.41) is 9.99. The van der Waals surface area contributed by atoms with E-state index in [0.29, 0.717) is 35.3 Å². The molecule has 4 rings (SSSR count). The zero-order valence-electron chi connectivity index (χ0n) is 13.4. The van der Waals surface area contributed by atoms with E-state index in [2.05, 4.69) is 6.92 Å². The van der Waals surface area contributed by atoms with Crippen molar-refractivity contribution >= 4 is 5.78 Å². The lowest BCUT2D eigenvalue weighted by atomic mass is 9.55. The number of fused-ring (bicyclic) bond motifs is 5. The topological polar surface area (TPSA) is 46.5 Å². The predicted molar refractivity (Wildman–Crippen MR) is 84.5 cm³/mol. The Labute approximate surface area is 131 Å². The highest BCUT2D eigenvalue weighted by Gasteiger charge is 2.51. The van der Waals surface area contributed by atoms with Crippen molar-refractivity contribution in [2.75, 3.05) is 7.11 Å². The fraction of sp³-hybridized carbons (Fsp3) is 0.632.